The van der Waals surface area contributed by atoms with E-state index in [1.807, 2.05) is 42.5 Å². The first-order valence-electron chi connectivity index (χ1n) is 7.95. The highest BCUT2D eigenvalue weighted by Crippen LogP contribution is 2.21. The third-order valence-electron chi connectivity index (χ3n) is 4.04. The van der Waals surface area contributed by atoms with Gasteiger partial charge in [0.05, 0.1) is 11.1 Å². The van der Waals surface area contributed by atoms with Gasteiger partial charge in [-0.2, -0.15) is 10.2 Å². The van der Waals surface area contributed by atoms with Crippen molar-refractivity contribution in [1.82, 2.24) is 15.2 Å². The number of carbonyl (C=O) groups excluding carboxylic acids is 1. The summed E-state index contributed by atoms with van der Waals surface area (Å²) in [6.07, 6.45) is 1.57. The van der Waals surface area contributed by atoms with Gasteiger partial charge < -0.3 is 0 Å². The summed E-state index contributed by atoms with van der Waals surface area (Å²) in [6, 6.07) is 13.7. The Bertz CT molecular complexity index is 1020. The Morgan fingerprint density at radius 1 is 1.27 bits per heavy atom. The molecule has 0 aliphatic heterocycles. The highest BCUT2D eigenvalue weighted by Gasteiger charge is 2.22. The minimum atomic E-state index is -0.495. The summed E-state index contributed by atoms with van der Waals surface area (Å²) in [5, 5.41) is 21.1. The quantitative estimate of drug-likeness (QED) is 0.434. The molecule has 0 bridgehead atoms. The average Bonchev–Trinajstić information content (AvgIpc) is 2.88. The van der Waals surface area contributed by atoms with E-state index in [1.54, 1.807) is 13.1 Å². The third kappa shape index (κ3) is 3.44. The van der Waals surface area contributed by atoms with Crippen LogP contribution in [0.5, 0.6) is 0 Å². The van der Waals surface area contributed by atoms with Crippen LogP contribution in [0, 0.1) is 24.0 Å². The number of hydrogen-bond acceptors (Lipinski definition) is 5. The van der Waals surface area contributed by atoms with E-state index < -0.39 is 10.8 Å². The maximum Gasteiger partial charge on any atom is 0.312 e. The van der Waals surface area contributed by atoms with Gasteiger partial charge in [0.1, 0.15) is 17.9 Å². The number of hydrazone groups is 1. The summed E-state index contributed by atoms with van der Waals surface area (Å²) in [6.45, 7) is 2.95. The van der Waals surface area contributed by atoms with Crippen molar-refractivity contribution in [2.75, 3.05) is 0 Å². The second-order valence-electron chi connectivity index (χ2n) is 5.80. The van der Waals surface area contributed by atoms with E-state index in [0.717, 1.165) is 16.3 Å². The molecule has 0 unspecified atom stereocenters. The summed E-state index contributed by atoms with van der Waals surface area (Å²) in [4.78, 5) is 22.6. The maximum absolute atomic E-state index is 12.1. The molecule has 0 aliphatic carbocycles. The van der Waals surface area contributed by atoms with Gasteiger partial charge in [0.15, 0.2) is 0 Å². The van der Waals surface area contributed by atoms with Crippen molar-refractivity contribution < 1.29 is 9.72 Å². The highest BCUT2D eigenvalue weighted by molar-refractivity contribution is 5.99. The smallest absolute Gasteiger partial charge is 0.271 e. The predicted molar refractivity (Wildman–Crippen MR) is 98.0 cm³/mol. The van der Waals surface area contributed by atoms with Crippen LogP contribution in [0.3, 0.4) is 0 Å². The molecule has 8 heteroatoms. The number of carbonyl (C=O) groups is 1. The summed E-state index contributed by atoms with van der Waals surface area (Å²) in [5.74, 6) is -0.415. The minimum absolute atomic E-state index is 0.0722. The van der Waals surface area contributed by atoms with Gasteiger partial charge in [-0.1, -0.05) is 42.5 Å². The topological polar surface area (TPSA) is 102 Å². The standard InChI is InChI=1S/C18H17N5O3/c1-12-18(23(25)26)13(2)22(21-12)11-17(24)20-19-10-15-8-5-7-14-6-3-4-9-16(14)15/h3-10H,11H2,1-2H3,(H,20,24)/b19-10+. The summed E-state index contributed by atoms with van der Waals surface area (Å²) in [5.41, 5.74) is 3.85. The van der Waals surface area contributed by atoms with Crippen LogP contribution in [0.4, 0.5) is 5.69 Å². The van der Waals surface area contributed by atoms with Gasteiger partial charge >= 0.3 is 5.69 Å². The molecule has 132 valence electrons. The third-order valence-corrected chi connectivity index (χ3v) is 4.04. The summed E-state index contributed by atoms with van der Waals surface area (Å²) in [7, 11) is 0. The molecule has 3 rings (SSSR count). The van der Waals surface area contributed by atoms with E-state index in [4.69, 9.17) is 0 Å². The van der Waals surface area contributed by atoms with Gasteiger partial charge in [0.2, 0.25) is 0 Å². The lowest BCUT2D eigenvalue weighted by atomic mass is 10.1. The highest BCUT2D eigenvalue weighted by atomic mass is 16.6. The Kier molecular flexibility index (Phi) is 4.74. The largest absolute Gasteiger partial charge is 0.312 e. The molecule has 0 saturated heterocycles. The molecule has 3 aromatic rings. The van der Waals surface area contributed by atoms with Gasteiger partial charge in [0, 0.05) is 5.56 Å². The fraction of sp³-hybridized carbons (Fsp3) is 0.167. The zero-order chi connectivity index (χ0) is 18.7. The molecule has 0 fully saturated rings. The molecule has 26 heavy (non-hydrogen) atoms. The number of nitrogens with one attached hydrogen (secondary N) is 1. The number of aromatic nitrogens is 2. The van der Waals surface area contributed by atoms with E-state index >= 15 is 0 Å². The molecule has 0 saturated carbocycles. The van der Waals surface area contributed by atoms with Crippen molar-refractivity contribution in [2.24, 2.45) is 5.10 Å². The number of nitrogens with zero attached hydrogens (tertiary/aromatic N) is 4. The molecule has 0 spiro atoms. The fourth-order valence-corrected chi connectivity index (χ4v) is 2.81. The number of amides is 1. The van der Waals surface area contributed by atoms with Gasteiger partial charge in [-0.3, -0.25) is 19.6 Å². The first-order valence-corrected chi connectivity index (χ1v) is 7.95. The normalized spacial score (nSPS) is 11.2. The van der Waals surface area contributed by atoms with E-state index in [2.05, 4.69) is 15.6 Å². The number of fused-ring (bicyclic) bond motifs is 1. The van der Waals surface area contributed by atoms with Crippen LogP contribution in [-0.2, 0) is 11.3 Å². The van der Waals surface area contributed by atoms with Gasteiger partial charge in [-0.05, 0) is 24.6 Å². The first kappa shape index (κ1) is 17.3. The van der Waals surface area contributed by atoms with Crippen LogP contribution in [0.25, 0.3) is 10.8 Å². The lowest BCUT2D eigenvalue weighted by molar-refractivity contribution is -0.386. The zero-order valence-corrected chi connectivity index (χ0v) is 14.3. The molecule has 0 atom stereocenters. The Hall–Kier alpha value is -3.55. The molecule has 1 heterocycles. The number of aryl methyl sites for hydroxylation is 1. The number of rotatable bonds is 5. The molecule has 1 aromatic heterocycles. The SMILES string of the molecule is Cc1nn(CC(=O)N/N=C/c2cccc3ccccc23)c(C)c1[N+](=O)[O-]. The van der Waals surface area contributed by atoms with E-state index in [0.29, 0.717) is 5.69 Å². The van der Waals surface area contributed by atoms with Crippen molar-refractivity contribution >= 4 is 28.6 Å². The van der Waals surface area contributed by atoms with Crippen LogP contribution in [0.2, 0.25) is 0 Å². The van der Waals surface area contributed by atoms with E-state index in [9.17, 15) is 14.9 Å². The van der Waals surface area contributed by atoms with Crippen LogP contribution in [-0.4, -0.2) is 26.8 Å². The van der Waals surface area contributed by atoms with Crippen molar-refractivity contribution in [2.45, 2.75) is 20.4 Å². The maximum atomic E-state index is 12.1. The Balaban J connectivity index is 1.70. The monoisotopic (exact) mass is 351 g/mol. The molecule has 1 N–H and O–H groups in total. The van der Waals surface area contributed by atoms with E-state index in [1.165, 1.54) is 11.6 Å². The Morgan fingerprint density at radius 2 is 2.00 bits per heavy atom. The van der Waals surface area contributed by atoms with Gasteiger partial charge in [-0.15, -0.1) is 0 Å². The molecule has 0 radical (unpaired) electrons. The van der Waals surface area contributed by atoms with Gasteiger partial charge in [-0.25, -0.2) is 5.43 Å². The number of hydrogen-bond donors (Lipinski definition) is 1. The molecule has 1 amide bonds. The van der Waals surface area contributed by atoms with Crippen molar-refractivity contribution in [1.29, 1.82) is 0 Å². The molecule has 0 aliphatic rings. The molecular formula is C18H17N5O3. The van der Waals surface area contributed by atoms with Crippen molar-refractivity contribution in [3.63, 3.8) is 0 Å². The van der Waals surface area contributed by atoms with Crippen LogP contribution in [0.1, 0.15) is 17.0 Å². The number of nitro groups is 1. The Morgan fingerprint density at radius 3 is 2.73 bits per heavy atom. The predicted octanol–water partition coefficient (Wildman–Crippen LogP) is 2.71. The van der Waals surface area contributed by atoms with Crippen LogP contribution in [0.15, 0.2) is 47.6 Å². The fourth-order valence-electron chi connectivity index (χ4n) is 2.81. The van der Waals surface area contributed by atoms with Crippen molar-refractivity contribution in [3.8, 4) is 0 Å². The van der Waals surface area contributed by atoms with Crippen molar-refractivity contribution in [3.05, 3.63) is 69.5 Å². The number of benzene rings is 2. The minimum Gasteiger partial charge on any atom is -0.271 e. The molecule has 8 nitrogen and oxygen atoms in total. The van der Waals surface area contributed by atoms with Crippen LogP contribution >= 0.6 is 0 Å². The lowest BCUT2D eigenvalue weighted by Gasteiger charge is -2.03. The Labute approximate surface area is 149 Å². The van der Waals surface area contributed by atoms with E-state index in [-0.39, 0.29) is 17.9 Å². The van der Waals surface area contributed by atoms with Gasteiger partial charge in [0.25, 0.3) is 5.91 Å². The zero-order valence-electron chi connectivity index (χ0n) is 14.3. The lowest BCUT2D eigenvalue weighted by Crippen LogP contribution is -2.24. The molecule has 2 aromatic carbocycles. The van der Waals surface area contributed by atoms with Crippen LogP contribution < -0.4 is 5.43 Å². The first-order chi connectivity index (χ1) is 12.5. The second-order valence-corrected chi connectivity index (χ2v) is 5.80. The summed E-state index contributed by atoms with van der Waals surface area (Å²) >= 11 is 0. The average molecular weight is 351 g/mol. The summed E-state index contributed by atoms with van der Waals surface area (Å²) < 4.78 is 1.30. The second kappa shape index (κ2) is 7.14. The molecular weight excluding hydrogens is 334 g/mol.